The molecule has 1 atom stereocenters. The van der Waals surface area contributed by atoms with Crippen molar-refractivity contribution in [2.45, 2.75) is 44.7 Å². The number of nitrogens with one attached hydrogen (secondary N) is 1. The van der Waals surface area contributed by atoms with E-state index in [9.17, 15) is 4.79 Å². The summed E-state index contributed by atoms with van der Waals surface area (Å²) in [5.41, 5.74) is -0.163. The number of carbonyl (C=O) groups is 1. The topological polar surface area (TPSA) is 67.8 Å². The summed E-state index contributed by atoms with van der Waals surface area (Å²) in [6, 6.07) is 0. The van der Waals surface area contributed by atoms with E-state index in [1.54, 1.807) is 14.2 Å². The second-order valence-corrected chi connectivity index (χ2v) is 6.23. The van der Waals surface area contributed by atoms with Crippen LogP contribution in [0.2, 0.25) is 0 Å². The molecule has 0 bridgehead atoms. The van der Waals surface area contributed by atoms with E-state index in [4.69, 9.17) is 14.0 Å². The first-order chi connectivity index (χ1) is 7.65. The Bertz CT molecular complexity index is 188. The van der Waals surface area contributed by atoms with Crippen LogP contribution in [0.5, 0.6) is 0 Å². The lowest BCUT2D eigenvalue weighted by molar-refractivity contribution is 0.186. The van der Waals surface area contributed by atoms with Crippen molar-refractivity contribution in [1.29, 1.82) is 0 Å². The van der Waals surface area contributed by atoms with Crippen molar-refractivity contribution in [1.82, 2.24) is 5.32 Å². The molecule has 6 heteroatoms. The maximum Gasteiger partial charge on any atom is 0.404 e. The van der Waals surface area contributed by atoms with Crippen molar-refractivity contribution < 1.29 is 18.8 Å². The molecule has 0 aliphatic heterocycles. The SMILES string of the molecule is CCCCCCC(NC(=O)O)[SiH](OC)OC. The molecule has 0 saturated heterocycles. The second-order valence-electron chi connectivity index (χ2n) is 3.75. The largest absolute Gasteiger partial charge is 0.465 e. The van der Waals surface area contributed by atoms with E-state index in [2.05, 4.69) is 12.2 Å². The molecule has 1 unspecified atom stereocenters. The van der Waals surface area contributed by atoms with E-state index in [1.807, 2.05) is 0 Å². The molecular formula is C10H23NO4Si. The minimum atomic E-state index is -1.91. The van der Waals surface area contributed by atoms with Gasteiger partial charge in [0.05, 0.1) is 5.67 Å². The molecule has 0 aromatic rings. The lowest BCUT2D eigenvalue weighted by Crippen LogP contribution is -2.48. The molecule has 0 heterocycles. The van der Waals surface area contributed by atoms with Gasteiger partial charge in [0.15, 0.2) is 0 Å². The Kier molecular flexibility index (Phi) is 9.26. The Morgan fingerprint density at radius 1 is 1.31 bits per heavy atom. The highest BCUT2D eigenvalue weighted by Crippen LogP contribution is 2.08. The van der Waals surface area contributed by atoms with E-state index < -0.39 is 15.4 Å². The van der Waals surface area contributed by atoms with Gasteiger partial charge in [-0.2, -0.15) is 0 Å². The third kappa shape index (κ3) is 6.81. The summed E-state index contributed by atoms with van der Waals surface area (Å²) >= 11 is 0. The molecule has 5 nitrogen and oxygen atoms in total. The van der Waals surface area contributed by atoms with Crippen molar-refractivity contribution >= 4 is 15.4 Å². The Morgan fingerprint density at radius 3 is 2.38 bits per heavy atom. The molecule has 0 saturated carbocycles. The van der Waals surface area contributed by atoms with Gasteiger partial charge in [0.1, 0.15) is 0 Å². The van der Waals surface area contributed by atoms with Crippen LogP contribution >= 0.6 is 0 Å². The van der Waals surface area contributed by atoms with Crippen LogP contribution in [0.15, 0.2) is 0 Å². The Hall–Kier alpha value is -0.593. The van der Waals surface area contributed by atoms with Crippen LogP contribution < -0.4 is 5.32 Å². The van der Waals surface area contributed by atoms with Crippen molar-refractivity contribution in [2.24, 2.45) is 0 Å². The van der Waals surface area contributed by atoms with E-state index >= 15 is 0 Å². The predicted molar refractivity (Wildman–Crippen MR) is 64.9 cm³/mol. The summed E-state index contributed by atoms with van der Waals surface area (Å²) in [6.07, 6.45) is 4.29. The van der Waals surface area contributed by atoms with Crippen LogP contribution in [-0.4, -0.2) is 40.4 Å². The summed E-state index contributed by atoms with van der Waals surface area (Å²) in [6.45, 7) is 2.15. The average Bonchev–Trinajstić information content (AvgIpc) is 2.25. The van der Waals surface area contributed by atoms with Gasteiger partial charge in [-0.25, -0.2) is 4.79 Å². The fourth-order valence-electron chi connectivity index (χ4n) is 1.65. The van der Waals surface area contributed by atoms with Crippen LogP contribution in [0.4, 0.5) is 4.79 Å². The van der Waals surface area contributed by atoms with Crippen LogP contribution in [0, 0.1) is 0 Å². The zero-order valence-electron chi connectivity index (χ0n) is 10.4. The molecule has 2 N–H and O–H groups in total. The smallest absolute Gasteiger partial charge is 0.404 e. The van der Waals surface area contributed by atoms with Gasteiger partial charge in [-0.15, -0.1) is 0 Å². The minimum Gasteiger partial charge on any atom is -0.465 e. The highest BCUT2D eigenvalue weighted by Gasteiger charge is 2.25. The Balaban J connectivity index is 4.03. The van der Waals surface area contributed by atoms with Gasteiger partial charge < -0.3 is 19.3 Å². The van der Waals surface area contributed by atoms with Gasteiger partial charge in [-0.3, -0.25) is 0 Å². The number of amides is 1. The molecule has 1 amide bonds. The molecule has 0 aromatic heterocycles. The fraction of sp³-hybridized carbons (Fsp3) is 0.900. The molecular weight excluding hydrogens is 226 g/mol. The molecule has 0 rings (SSSR count). The number of hydrogen-bond acceptors (Lipinski definition) is 3. The van der Waals surface area contributed by atoms with Gasteiger partial charge in [-0.05, 0) is 6.42 Å². The van der Waals surface area contributed by atoms with Gasteiger partial charge in [0.2, 0.25) is 0 Å². The first-order valence-electron chi connectivity index (χ1n) is 5.70. The highest BCUT2D eigenvalue weighted by molar-refractivity contribution is 6.46. The standard InChI is InChI=1S/C10H23NO4Si/c1-4-5-6-7-8-9(11-10(12)13)16(14-2)15-3/h9,11,16H,4-8H2,1-3H3,(H,12,13). The summed E-state index contributed by atoms with van der Waals surface area (Å²) in [4.78, 5) is 10.6. The third-order valence-electron chi connectivity index (χ3n) is 2.47. The number of unbranched alkanes of at least 4 members (excludes halogenated alkanes) is 3. The van der Waals surface area contributed by atoms with E-state index in [1.165, 1.54) is 12.8 Å². The first-order valence-corrected chi connectivity index (χ1v) is 7.31. The average molecular weight is 249 g/mol. The molecule has 0 aromatic carbocycles. The Labute approximate surface area is 99.0 Å². The van der Waals surface area contributed by atoms with Gasteiger partial charge in [-0.1, -0.05) is 32.6 Å². The molecule has 0 spiro atoms. The van der Waals surface area contributed by atoms with E-state index in [0.717, 1.165) is 19.3 Å². The molecule has 0 fully saturated rings. The van der Waals surface area contributed by atoms with E-state index in [0.29, 0.717) is 0 Å². The van der Waals surface area contributed by atoms with Crippen LogP contribution in [0.3, 0.4) is 0 Å². The van der Waals surface area contributed by atoms with Crippen molar-refractivity contribution in [3.05, 3.63) is 0 Å². The predicted octanol–water partition coefficient (Wildman–Crippen LogP) is 1.65. The summed E-state index contributed by atoms with van der Waals surface area (Å²) in [5, 5.41) is 11.2. The second kappa shape index (κ2) is 9.62. The molecule has 16 heavy (non-hydrogen) atoms. The normalized spacial score (nSPS) is 12.8. The maximum atomic E-state index is 10.6. The van der Waals surface area contributed by atoms with Crippen LogP contribution in [0.25, 0.3) is 0 Å². The summed E-state index contributed by atoms with van der Waals surface area (Å²) in [5.74, 6) is 0. The van der Waals surface area contributed by atoms with Crippen LogP contribution in [0.1, 0.15) is 39.0 Å². The van der Waals surface area contributed by atoms with Gasteiger partial charge in [0.25, 0.3) is 0 Å². The maximum absolute atomic E-state index is 10.6. The zero-order chi connectivity index (χ0) is 12.4. The monoisotopic (exact) mass is 249 g/mol. The highest BCUT2D eigenvalue weighted by atomic mass is 28.3. The lowest BCUT2D eigenvalue weighted by atomic mass is 10.1. The van der Waals surface area contributed by atoms with Crippen molar-refractivity contribution in [3.8, 4) is 0 Å². The van der Waals surface area contributed by atoms with E-state index in [-0.39, 0.29) is 5.67 Å². The van der Waals surface area contributed by atoms with Crippen LogP contribution in [-0.2, 0) is 8.85 Å². The first kappa shape index (κ1) is 15.4. The quantitative estimate of drug-likeness (QED) is 0.481. The van der Waals surface area contributed by atoms with Gasteiger partial charge in [0, 0.05) is 14.2 Å². The minimum absolute atomic E-state index is 0.163. The molecule has 0 radical (unpaired) electrons. The molecule has 0 aliphatic carbocycles. The molecule has 0 aliphatic rings. The summed E-state index contributed by atoms with van der Waals surface area (Å²) in [7, 11) is 1.24. The van der Waals surface area contributed by atoms with Gasteiger partial charge >= 0.3 is 15.4 Å². The number of carboxylic acid groups (broad SMARTS) is 1. The zero-order valence-corrected chi connectivity index (χ0v) is 11.5. The Morgan fingerprint density at radius 2 is 1.94 bits per heavy atom. The number of hydrogen-bond donors (Lipinski definition) is 2. The number of rotatable bonds is 9. The third-order valence-corrected chi connectivity index (χ3v) is 4.56. The molecule has 96 valence electrons. The lowest BCUT2D eigenvalue weighted by Gasteiger charge is -2.22. The van der Waals surface area contributed by atoms with Crippen molar-refractivity contribution in [3.63, 3.8) is 0 Å². The van der Waals surface area contributed by atoms with Crippen molar-refractivity contribution in [2.75, 3.05) is 14.2 Å². The fourth-order valence-corrected chi connectivity index (χ4v) is 3.29. The summed E-state index contributed by atoms with van der Waals surface area (Å²) < 4.78 is 10.4.